The average Bonchev–Trinajstić information content (AvgIpc) is 2.35. The number of halogens is 2. The van der Waals surface area contributed by atoms with Gasteiger partial charge >= 0.3 is 0 Å². The van der Waals surface area contributed by atoms with Crippen molar-refractivity contribution in [3.05, 3.63) is 53.7 Å². The van der Waals surface area contributed by atoms with Gasteiger partial charge in [-0.15, -0.1) is 0 Å². The largest absolute Gasteiger partial charge is 0.383 e. The smallest absolute Gasteiger partial charge is 0.259 e. The van der Waals surface area contributed by atoms with Gasteiger partial charge in [0.1, 0.15) is 5.82 Å². The van der Waals surface area contributed by atoms with Crippen LogP contribution in [0, 0.1) is 11.6 Å². The molecule has 92 valence electrons. The second-order valence-corrected chi connectivity index (χ2v) is 3.49. The quantitative estimate of drug-likeness (QED) is 0.857. The second-order valence-electron chi connectivity index (χ2n) is 3.49. The van der Waals surface area contributed by atoms with Crippen molar-refractivity contribution in [3.63, 3.8) is 0 Å². The van der Waals surface area contributed by atoms with Crippen LogP contribution in [-0.4, -0.2) is 10.9 Å². The van der Waals surface area contributed by atoms with Crippen LogP contribution in [0.15, 0.2) is 36.5 Å². The summed E-state index contributed by atoms with van der Waals surface area (Å²) in [4.78, 5) is 15.5. The Morgan fingerprint density at radius 2 is 2.00 bits per heavy atom. The number of nitrogen functional groups attached to an aromatic ring is 1. The van der Waals surface area contributed by atoms with Gasteiger partial charge in [0.15, 0.2) is 11.6 Å². The maximum Gasteiger partial charge on any atom is 0.259 e. The number of hydrogen-bond acceptors (Lipinski definition) is 3. The maximum atomic E-state index is 13.3. The molecule has 0 saturated carbocycles. The Morgan fingerprint density at radius 1 is 1.22 bits per heavy atom. The fourth-order valence-corrected chi connectivity index (χ4v) is 1.40. The summed E-state index contributed by atoms with van der Waals surface area (Å²) >= 11 is 0. The number of benzene rings is 1. The number of aromatic nitrogens is 1. The van der Waals surface area contributed by atoms with E-state index in [0.717, 1.165) is 6.07 Å². The molecule has 0 aliphatic heterocycles. The van der Waals surface area contributed by atoms with Gasteiger partial charge in [-0.1, -0.05) is 6.07 Å². The third-order valence-electron chi connectivity index (χ3n) is 2.28. The number of hydrogen-bond donors (Lipinski definition) is 2. The zero-order valence-corrected chi connectivity index (χ0v) is 9.15. The van der Waals surface area contributed by atoms with Crippen molar-refractivity contribution in [2.45, 2.75) is 0 Å². The van der Waals surface area contributed by atoms with E-state index in [2.05, 4.69) is 10.3 Å². The van der Waals surface area contributed by atoms with E-state index in [1.165, 1.54) is 30.5 Å². The Labute approximate surface area is 101 Å². The molecule has 1 heterocycles. The van der Waals surface area contributed by atoms with E-state index in [0.29, 0.717) is 0 Å². The van der Waals surface area contributed by atoms with Crippen molar-refractivity contribution < 1.29 is 13.6 Å². The van der Waals surface area contributed by atoms with Crippen LogP contribution in [0.25, 0.3) is 0 Å². The van der Waals surface area contributed by atoms with E-state index in [4.69, 9.17) is 5.73 Å². The SMILES string of the molecule is Nc1ncccc1C(=O)Nc1cccc(F)c1F. The molecule has 0 bridgehead atoms. The normalized spacial score (nSPS) is 10.1. The molecule has 3 N–H and O–H groups in total. The topological polar surface area (TPSA) is 68.0 Å². The molecule has 0 unspecified atom stereocenters. The number of amides is 1. The minimum atomic E-state index is -1.12. The zero-order chi connectivity index (χ0) is 13.1. The predicted molar refractivity (Wildman–Crippen MR) is 63.0 cm³/mol. The number of nitrogens with two attached hydrogens (primary N) is 1. The number of pyridine rings is 1. The van der Waals surface area contributed by atoms with Gasteiger partial charge in [0, 0.05) is 6.20 Å². The second kappa shape index (κ2) is 4.79. The van der Waals surface area contributed by atoms with Crippen molar-refractivity contribution in [1.82, 2.24) is 4.98 Å². The zero-order valence-electron chi connectivity index (χ0n) is 9.15. The van der Waals surface area contributed by atoms with Gasteiger partial charge in [0.05, 0.1) is 11.3 Å². The molecule has 1 aromatic carbocycles. The molecule has 0 aliphatic rings. The molecule has 2 rings (SSSR count). The van der Waals surface area contributed by atoms with Crippen molar-refractivity contribution >= 4 is 17.4 Å². The minimum absolute atomic E-state index is 0.0202. The van der Waals surface area contributed by atoms with Gasteiger partial charge in [-0.3, -0.25) is 4.79 Å². The lowest BCUT2D eigenvalue weighted by atomic mass is 10.2. The summed E-state index contributed by atoms with van der Waals surface area (Å²) in [6.45, 7) is 0. The van der Waals surface area contributed by atoms with Crippen molar-refractivity contribution in [2.24, 2.45) is 0 Å². The van der Waals surface area contributed by atoms with Crippen LogP contribution in [0.3, 0.4) is 0 Å². The molecule has 6 heteroatoms. The van der Waals surface area contributed by atoms with Gasteiger partial charge in [0.2, 0.25) is 0 Å². The van der Waals surface area contributed by atoms with Gasteiger partial charge in [-0.2, -0.15) is 0 Å². The summed E-state index contributed by atoms with van der Waals surface area (Å²) < 4.78 is 26.3. The molecular formula is C12H9F2N3O. The highest BCUT2D eigenvalue weighted by Gasteiger charge is 2.14. The van der Waals surface area contributed by atoms with E-state index in [-0.39, 0.29) is 17.1 Å². The summed E-state index contributed by atoms with van der Waals surface area (Å²) in [5.74, 6) is -2.78. The number of nitrogens with one attached hydrogen (secondary N) is 1. The Morgan fingerprint density at radius 3 is 2.72 bits per heavy atom. The molecule has 0 aliphatic carbocycles. The number of carbonyl (C=O) groups is 1. The average molecular weight is 249 g/mol. The molecule has 0 spiro atoms. The van der Waals surface area contributed by atoms with Crippen LogP contribution in [0.5, 0.6) is 0 Å². The highest BCUT2D eigenvalue weighted by molar-refractivity contribution is 6.07. The minimum Gasteiger partial charge on any atom is -0.383 e. The molecular weight excluding hydrogens is 240 g/mol. The first-order chi connectivity index (χ1) is 8.59. The Balaban J connectivity index is 2.27. The van der Waals surface area contributed by atoms with Crippen molar-refractivity contribution in [1.29, 1.82) is 0 Å². The number of anilines is 2. The molecule has 1 aromatic heterocycles. The van der Waals surface area contributed by atoms with Crippen LogP contribution < -0.4 is 11.1 Å². The Kier molecular flexibility index (Phi) is 3.18. The van der Waals surface area contributed by atoms with E-state index >= 15 is 0 Å². The Bertz CT molecular complexity index is 602. The summed E-state index contributed by atoms with van der Waals surface area (Å²) in [5.41, 5.74) is 5.35. The lowest BCUT2D eigenvalue weighted by Gasteiger charge is -2.07. The number of rotatable bonds is 2. The first kappa shape index (κ1) is 12.0. The Hall–Kier alpha value is -2.50. The summed E-state index contributed by atoms with van der Waals surface area (Å²) in [6, 6.07) is 6.47. The molecule has 4 nitrogen and oxygen atoms in total. The highest BCUT2D eigenvalue weighted by atomic mass is 19.2. The number of nitrogens with zero attached hydrogens (tertiary/aromatic N) is 1. The molecule has 0 fully saturated rings. The fraction of sp³-hybridized carbons (Fsp3) is 0. The van der Waals surface area contributed by atoms with Gasteiger partial charge < -0.3 is 11.1 Å². The van der Waals surface area contributed by atoms with Crippen LogP contribution in [0.1, 0.15) is 10.4 Å². The first-order valence-corrected chi connectivity index (χ1v) is 5.05. The van der Waals surface area contributed by atoms with Crippen LogP contribution in [0.2, 0.25) is 0 Å². The van der Waals surface area contributed by atoms with Crippen molar-refractivity contribution in [2.75, 3.05) is 11.1 Å². The monoisotopic (exact) mass is 249 g/mol. The standard InChI is InChI=1S/C12H9F2N3O/c13-8-4-1-5-9(10(8)14)17-12(18)7-3-2-6-16-11(7)15/h1-6H,(H2,15,16)(H,17,18). The van der Waals surface area contributed by atoms with Gasteiger partial charge in [-0.05, 0) is 24.3 Å². The van der Waals surface area contributed by atoms with Gasteiger partial charge in [-0.25, -0.2) is 13.8 Å². The van der Waals surface area contributed by atoms with Gasteiger partial charge in [0.25, 0.3) is 5.91 Å². The molecule has 0 saturated heterocycles. The molecule has 1 amide bonds. The highest BCUT2D eigenvalue weighted by Crippen LogP contribution is 2.18. The van der Waals surface area contributed by atoms with E-state index in [9.17, 15) is 13.6 Å². The maximum absolute atomic E-state index is 13.3. The van der Waals surface area contributed by atoms with Crippen LogP contribution in [-0.2, 0) is 0 Å². The summed E-state index contributed by atoms with van der Waals surface area (Å²) in [7, 11) is 0. The van der Waals surface area contributed by atoms with Crippen molar-refractivity contribution in [3.8, 4) is 0 Å². The van der Waals surface area contributed by atoms with E-state index in [1.807, 2.05) is 0 Å². The summed E-state index contributed by atoms with van der Waals surface area (Å²) in [6.07, 6.45) is 1.43. The molecule has 0 atom stereocenters. The summed E-state index contributed by atoms with van der Waals surface area (Å²) in [5, 5.41) is 2.23. The van der Waals surface area contributed by atoms with E-state index in [1.54, 1.807) is 0 Å². The van der Waals surface area contributed by atoms with Crippen LogP contribution >= 0.6 is 0 Å². The number of carbonyl (C=O) groups excluding carboxylic acids is 1. The molecule has 0 radical (unpaired) electrons. The van der Waals surface area contributed by atoms with E-state index < -0.39 is 17.5 Å². The fourth-order valence-electron chi connectivity index (χ4n) is 1.40. The third kappa shape index (κ3) is 2.27. The first-order valence-electron chi connectivity index (χ1n) is 5.05. The lowest BCUT2D eigenvalue weighted by Crippen LogP contribution is -2.15. The molecule has 2 aromatic rings. The predicted octanol–water partition coefficient (Wildman–Crippen LogP) is 2.19. The van der Waals surface area contributed by atoms with Crippen LogP contribution in [0.4, 0.5) is 20.3 Å². The third-order valence-corrected chi connectivity index (χ3v) is 2.28. The lowest BCUT2D eigenvalue weighted by molar-refractivity contribution is 0.102. The molecule has 18 heavy (non-hydrogen) atoms.